The normalized spacial score (nSPS) is 15.2. The van der Waals surface area contributed by atoms with Crippen LogP contribution in [0, 0.1) is 0 Å². The van der Waals surface area contributed by atoms with Gasteiger partial charge in [0.25, 0.3) is 11.5 Å². The number of ether oxygens (including phenoxy) is 1. The topological polar surface area (TPSA) is 72.7 Å². The van der Waals surface area contributed by atoms with Gasteiger partial charge < -0.3 is 10.1 Å². The second-order valence-electron chi connectivity index (χ2n) is 10.6. The van der Waals surface area contributed by atoms with E-state index in [0.717, 1.165) is 15.6 Å². The third-order valence-electron chi connectivity index (χ3n) is 6.84. The zero-order chi connectivity index (χ0) is 29.3. The Morgan fingerprint density at radius 3 is 2.41 bits per heavy atom. The molecule has 3 aromatic carbocycles. The number of anilines is 1. The fraction of sp³-hybridized carbons (Fsp3) is 0.242. The summed E-state index contributed by atoms with van der Waals surface area (Å²) in [5.41, 5.74) is 4.31. The van der Waals surface area contributed by atoms with Crippen molar-refractivity contribution in [1.82, 2.24) is 4.57 Å². The van der Waals surface area contributed by atoms with Crippen LogP contribution >= 0.6 is 27.3 Å². The van der Waals surface area contributed by atoms with Gasteiger partial charge in [0.15, 0.2) is 4.80 Å². The second-order valence-corrected chi connectivity index (χ2v) is 12.5. The molecule has 1 amide bonds. The Bertz CT molecular complexity index is 1800. The number of rotatable bonds is 7. The van der Waals surface area contributed by atoms with Crippen molar-refractivity contribution in [3.05, 3.63) is 125 Å². The van der Waals surface area contributed by atoms with Gasteiger partial charge in [0.2, 0.25) is 0 Å². The number of carbonyl (C=O) groups excluding carboxylic acids is 1. The first-order valence-electron chi connectivity index (χ1n) is 13.6. The molecule has 1 aliphatic rings. The average Bonchev–Trinajstić information content (AvgIpc) is 3.23. The summed E-state index contributed by atoms with van der Waals surface area (Å²) in [6.07, 6.45) is 1.82. The fourth-order valence-corrected chi connectivity index (χ4v) is 6.26. The Labute approximate surface area is 251 Å². The molecule has 0 aliphatic carbocycles. The summed E-state index contributed by atoms with van der Waals surface area (Å²) in [5, 5.41) is 3.00. The molecule has 1 atom stereocenters. The quantitative estimate of drug-likeness (QED) is 0.252. The van der Waals surface area contributed by atoms with Crippen molar-refractivity contribution in [2.45, 2.75) is 52.7 Å². The maximum absolute atomic E-state index is 14.1. The van der Waals surface area contributed by atoms with E-state index in [1.807, 2.05) is 87.5 Å². The summed E-state index contributed by atoms with van der Waals surface area (Å²) in [4.78, 5) is 33.2. The van der Waals surface area contributed by atoms with E-state index >= 15 is 0 Å². The molecule has 5 rings (SSSR count). The van der Waals surface area contributed by atoms with Crippen LogP contribution in [0.15, 0.2) is 98.3 Å². The summed E-state index contributed by atoms with van der Waals surface area (Å²) in [6, 6.07) is 22.6. The van der Waals surface area contributed by atoms with Crippen molar-refractivity contribution in [1.29, 1.82) is 0 Å². The molecular formula is C33H32BrN3O3S. The van der Waals surface area contributed by atoms with E-state index in [0.29, 0.717) is 38.0 Å². The highest BCUT2D eigenvalue weighted by Gasteiger charge is 2.32. The van der Waals surface area contributed by atoms with Gasteiger partial charge >= 0.3 is 0 Å². The first-order chi connectivity index (χ1) is 19.6. The van der Waals surface area contributed by atoms with Crippen LogP contribution in [0.4, 0.5) is 5.69 Å². The number of amides is 1. The van der Waals surface area contributed by atoms with Crippen LogP contribution in [0.3, 0.4) is 0 Å². The Morgan fingerprint density at radius 2 is 1.76 bits per heavy atom. The van der Waals surface area contributed by atoms with Gasteiger partial charge in [-0.1, -0.05) is 83.6 Å². The van der Waals surface area contributed by atoms with Crippen LogP contribution in [0.2, 0.25) is 0 Å². The lowest BCUT2D eigenvalue weighted by atomic mass is 9.93. The summed E-state index contributed by atoms with van der Waals surface area (Å²) >= 11 is 4.85. The third kappa shape index (κ3) is 6.14. The number of nitrogens with zero attached hydrogens (tertiary/aromatic N) is 2. The molecule has 1 aromatic heterocycles. The van der Waals surface area contributed by atoms with Gasteiger partial charge in [0, 0.05) is 15.7 Å². The van der Waals surface area contributed by atoms with Crippen molar-refractivity contribution in [2.24, 2.45) is 4.99 Å². The molecule has 2 heterocycles. The Balaban J connectivity index is 1.68. The van der Waals surface area contributed by atoms with Crippen molar-refractivity contribution in [3.63, 3.8) is 0 Å². The first kappa shape index (κ1) is 28.8. The zero-order valence-electron chi connectivity index (χ0n) is 23.6. The van der Waals surface area contributed by atoms with Gasteiger partial charge in [-0.15, -0.1) is 0 Å². The van der Waals surface area contributed by atoms with Crippen LogP contribution in [0.5, 0.6) is 5.75 Å². The molecule has 0 radical (unpaired) electrons. The number of allylic oxidation sites excluding steroid dienone is 1. The number of halogens is 1. The molecule has 1 aliphatic heterocycles. The van der Waals surface area contributed by atoms with Gasteiger partial charge in [0.1, 0.15) is 5.75 Å². The van der Waals surface area contributed by atoms with Crippen molar-refractivity contribution >= 4 is 44.9 Å². The van der Waals surface area contributed by atoms with Gasteiger partial charge in [-0.25, -0.2) is 4.99 Å². The first-order valence-corrected chi connectivity index (χ1v) is 15.2. The summed E-state index contributed by atoms with van der Waals surface area (Å²) in [5.74, 6) is 0.759. The minimum atomic E-state index is -0.632. The molecule has 8 heteroatoms. The van der Waals surface area contributed by atoms with Gasteiger partial charge in [0.05, 0.1) is 27.9 Å². The predicted molar refractivity (Wildman–Crippen MR) is 169 cm³/mol. The van der Waals surface area contributed by atoms with Crippen molar-refractivity contribution in [3.8, 4) is 5.75 Å². The van der Waals surface area contributed by atoms with E-state index in [4.69, 9.17) is 9.73 Å². The molecule has 41 heavy (non-hydrogen) atoms. The van der Waals surface area contributed by atoms with Crippen LogP contribution < -0.4 is 24.9 Å². The maximum atomic E-state index is 14.1. The fourth-order valence-electron chi connectivity index (χ4n) is 4.84. The molecular weight excluding hydrogens is 598 g/mol. The molecule has 0 unspecified atom stereocenters. The SMILES string of the molecule is CC1=C(C(=O)Nc2ccccc2)[C@@H](c2ccc(C(C)C)cc2)n2c(s/c(=C/c3cc(Br)ccc3OC(C)C)c2=O)=N1. The zero-order valence-corrected chi connectivity index (χ0v) is 26.0. The number of fused-ring (bicyclic) bond motifs is 1. The van der Waals surface area contributed by atoms with E-state index in [2.05, 4.69) is 47.2 Å². The standard InChI is InChI=1S/C33H32BrN3O3S/c1-19(2)22-11-13-23(14-12-22)30-29(31(38)36-26-9-7-6-8-10-26)21(5)35-33-37(30)32(39)28(41-33)18-24-17-25(34)15-16-27(24)40-20(3)4/h6-20,30H,1-5H3,(H,36,38)/b28-18+/t30-/m1/s1. The number of carbonyl (C=O) groups is 1. The molecule has 0 fully saturated rings. The van der Waals surface area contributed by atoms with Gasteiger partial charge in [-0.05, 0) is 74.2 Å². The third-order valence-corrected chi connectivity index (χ3v) is 8.31. The summed E-state index contributed by atoms with van der Waals surface area (Å²) in [6.45, 7) is 10.0. The molecule has 1 N–H and O–H groups in total. The molecule has 6 nitrogen and oxygen atoms in total. The molecule has 4 aromatic rings. The Kier molecular flexibility index (Phi) is 8.42. The smallest absolute Gasteiger partial charge is 0.271 e. The van der Waals surface area contributed by atoms with E-state index in [9.17, 15) is 9.59 Å². The summed E-state index contributed by atoms with van der Waals surface area (Å²) < 4.78 is 9.06. The van der Waals surface area contributed by atoms with Crippen molar-refractivity contribution < 1.29 is 9.53 Å². The highest BCUT2D eigenvalue weighted by atomic mass is 79.9. The highest BCUT2D eigenvalue weighted by molar-refractivity contribution is 9.10. The number of thiazole rings is 1. The van der Waals surface area contributed by atoms with Crippen molar-refractivity contribution in [2.75, 3.05) is 5.32 Å². The molecule has 0 saturated carbocycles. The number of benzene rings is 3. The van der Waals surface area contributed by atoms with Crippen LogP contribution in [0.1, 0.15) is 63.3 Å². The monoisotopic (exact) mass is 629 g/mol. The lowest BCUT2D eigenvalue weighted by Crippen LogP contribution is -2.40. The van der Waals surface area contributed by atoms with Crippen LogP contribution in [0.25, 0.3) is 6.08 Å². The minimum absolute atomic E-state index is 0.0216. The van der Waals surface area contributed by atoms with E-state index in [1.165, 1.54) is 16.9 Å². The number of nitrogens with one attached hydrogen (secondary N) is 1. The summed E-state index contributed by atoms with van der Waals surface area (Å²) in [7, 11) is 0. The largest absolute Gasteiger partial charge is 0.490 e. The maximum Gasteiger partial charge on any atom is 0.271 e. The van der Waals surface area contributed by atoms with Crippen LogP contribution in [-0.4, -0.2) is 16.6 Å². The number of hydrogen-bond acceptors (Lipinski definition) is 5. The molecule has 210 valence electrons. The Morgan fingerprint density at radius 1 is 1.05 bits per heavy atom. The molecule has 0 saturated heterocycles. The highest BCUT2D eigenvalue weighted by Crippen LogP contribution is 2.32. The molecule has 0 bridgehead atoms. The second kappa shape index (κ2) is 12.0. The van der Waals surface area contributed by atoms with E-state index in [-0.39, 0.29) is 17.6 Å². The lowest BCUT2D eigenvalue weighted by Gasteiger charge is -2.25. The minimum Gasteiger partial charge on any atom is -0.490 e. The van der Waals surface area contributed by atoms with Gasteiger partial charge in [-0.2, -0.15) is 0 Å². The van der Waals surface area contributed by atoms with E-state index < -0.39 is 6.04 Å². The van der Waals surface area contributed by atoms with Gasteiger partial charge in [-0.3, -0.25) is 14.2 Å². The van der Waals surface area contributed by atoms with Crippen LogP contribution in [-0.2, 0) is 4.79 Å². The number of hydrogen-bond donors (Lipinski definition) is 1. The average molecular weight is 631 g/mol. The van der Waals surface area contributed by atoms with E-state index in [1.54, 1.807) is 4.57 Å². The number of aromatic nitrogens is 1. The molecule has 0 spiro atoms. The Hall–Kier alpha value is -3.75. The number of para-hydroxylation sites is 1. The predicted octanol–water partition coefficient (Wildman–Crippen LogP) is 6.55. The lowest BCUT2D eigenvalue weighted by molar-refractivity contribution is -0.113.